The molecular weight excluding hydrogens is 342 g/mol. The summed E-state index contributed by atoms with van der Waals surface area (Å²) in [4.78, 5) is 27.4. The molecule has 0 saturated carbocycles. The number of carbonyl (C=O) groups excluding carboxylic acids is 2. The van der Waals surface area contributed by atoms with Crippen molar-refractivity contribution in [2.75, 3.05) is 25.5 Å². The fraction of sp³-hybridized carbons (Fsp3) is 0.333. The molecule has 142 valence electrons. The van der Waals surface area contributed by atoms with Crippen molar-refractivity contribution < 1.29 is 14.3 Å². The lowest BCUT2D eigenvalue weighted by Gasteiger charge is -2.31. The zero-order chi connectivity index (χ0) is 19.1. The van der Waals surface area contributed by atoms with Gasteiger partial charge in [0.25, 0.3) is 0 Å². The van der Waals surface area contributed by atoms with Crippen molar-refractivity contribution in [2.24, 2.45) is 0 Å². The van der Waals surface area contributed by atoms with Crippen molar-refractivity contribution in [3.8, 4) is 5.75 Å². The van der Waals surface area contributed by atoms with Crippen LogP contribution in [-0.2, 0) is 4.79 Å². The summed E-state index contributed by atoms with van der Waals surface area (Å²) in [6, 6.07) is 15.3. The molecule has 1 aliphatic heterocycles. The number of hydrogen-bond donors (Lipinski definition) is 2. The van der Waals surface area contributed by atoms with E-state index in [0.29, 0.717) is 11.4 Å². The highest BCUT2D eigenvalue weighted by Gasteiger charge is 2.28. The molecule has 0 unspecified atom stereocenters. The smallest absolute Gasteiger partial charge is 0.320 e. The summed E-state index contributed by atoms with van der Waals surface area (Å²) >= 11 is 0. The maximum atomic E-state index is 13.0. The van der Waals surface area contributed by atoms with E-state index in [9.17, 15) is 9.59 Å². The van der Waals surface area contributed by atoms with Crippen LogP contribution in [0, 0.1) is 0 Å². The molecule has 1 heterocycles. The average molecular weight is 367 g/mol. The Morgan fingerprint density at radius 2 is 1.63 bits per heavy atom. The Labute approximate surface area is 159 Å². The maximum Gasteiger partial charge on any atom is 0.320 e. The summed E-state index contributed by atoms with van der Waals surface area (Å²) in [5, 5.41) is 5.61. The number of nitrogens with zero attached hydrogens (tertiary/aromatic N) is 1. The van der Waals surface area contributed by atoms with Crippen LogP contribution >= 0.6 is 0 Å². The molecule has 1 atom stereocenters. The Bertz CT molecular complexity index is 756. The summed E-state index contributed by atoms with van der Waals surface area (Å²) in [5.74, 6) is 0.647. The molecule has 0 aliphatic carbocycles. The van der Waals surface area contributed by atoms with Crippen molar-refractivity contribution in [3.05, 3.63) is 60.2 Å². The number of benzene rings is 2. The normalized spacial score (nSPS) is 14.9. The van der Waals surface area contributed by atoms with E-state index in [1.807, 2.05) is 35.2 Å². The summed E-state index contributed by atoms with van der Waals surface area (Å²) in [7, 11) is 1.59. The van der Waals surface area contributed by atoms with E-state index in [4.69, 9.17) is 4.74 Å². The summed E-state index contributed by atoms with van der Waals surface area (Å²) < 4.78 is 5.12. The number of amides is 3. The molecule has 2 aromatic carbocycles. The first-order valence-electron chi connectivity index (χ1n) is 9.22. The Morgan fingerprint density at radius 1 is 0.963 bits per heavy atom. The molecule has 2 aromatic rings. The molecule has 2 N–H and O–H groups in total. The Kier molecular flexibility index (Phi) is 6.30. The van der Waals surface area contributed by atoms with Crippen LogP contribution in [0.1, 0.15) is 30.9 Å². The zero-order valence-electron chi connectivity index (χ0n) is 15.5. The van der Waals surface area contributed by atoms with E-state index in [1.54, 1.807) is 31.4 Å². The second-order valence-corrected chi connectivity index (χ2v) is 6.56. The van der Waals surface area contributed by atoms with E-state index >= 15 is 0 Å². The van der Waals surface area contributed by atoms with E-state index in [1.165, 1.54) is 0 Å². The molecule has 1 fully saturated rings. The van der Waals surface area contributed by atoms with Gasteiger partial charge >= 0.3 is 6.03 Å². The van der Waals surface area contributed by atoms with Crippen LogP contribution in [-0.4, -0.2) is 37.0 Å². The summed E-state index contributed by atoms with van der Waals surface area (Å²) in [6.45, 7) is 1.48. The van der Waals surface area contributed by atoms with Gasteiger partial charge in [-0.3, -0.25) is 4.79 Å². The third-order valence-corrected chi connectivity index (χ3v) is 4.67. The molecule has 3 amide bonds. The molecule has 0 spiro atoms. The van der Waals surface area contributed by atoms with E-state index in [2.05, 4.69) is 10.6 Å². The van der Waals surface area contributed by atoms with Crippen LogP contribution in [0.2, 0.25) is 0 Å². The number of piperidine rings is 1. The molecule has 3 rings (SSSR count). The first-order chi connectivity index (χ1) is 13.2. The fourth-order valence-electron chi connectivity index (χ4n) is 3.20. The molecule has 27 heavy (non-hydrogen) atoms. The number of rotatable bonds is 5. The molecule has 0 radical (unpaired) electrons. The standard InChI is InChI=1S/C21H25N3O3/c1-27-18-12-10-17(11-13-18)22-21(26)23-19(16-8-4-2-5-9-16)20(25)24-14-6-3-7-15-24/h2,4-5,8-13,19H,3,6-7,14-15H2,1H3,(H2,22,23,26)/t19-/m0/s1. The lowest BCUT2D eigenvalue weighted by atomic mass is 10.0. The van der Waals surface area contributed by atoms with Gasteiger partial charge < -0.3 is 20.3 Å². The van der Waals surface area contributed by atoms with Gasteiger partial charge in [0.2, 0.25) is 5.91 Å². The highest BCUT2D eigenvalue weighted by atomic mass is 16.5. The SMILES string of the molecule is COc1ccc(NC(=O)N[C@H](C(=O)N2CCCCC2)c2ccccc2)cc1. The van der Waals surface area contributed by atoms with Gasteiger partial charge in [-0.25, -0.2) is 4.79 Å². The highest BCUT2D eigenvalue weighted by molar-refractivity contribution is 5.94. The van der Waals surface area contributed by atoms with Gasteiger partial charge in [0.15, 0.2) is 0 Å². The number of hydrogen-bond acceptors (Lipinski definition) is 3. The van der Waals surface area contributed by atoms with Gasteiger partial charge in [0.05, 0.1) is 7.11 Å². The highest BCUT2D eigenvalue weighted by Crippen LogP contribution is 2.20. The minimum absolute atomic E-state index is 0.0641. The number of anilines is 1. The lowest BCUT2D eigenvalue weighted by molar-refractivity contribution is -0.134. The van der Waals surface area contributed by atoms with Crippen LogP contribution < -0.4 is 15.4 Å². The van der Waals surface area contributed by atoms with Crippen LogP contribution in [0.15, 0.2) is 54.6 Å². The van der Waals surface area contributed by atoms with Crippen molar-refractivity contribution in [1.82, 2.24) is 10.2 Å². The van der Waals surface area contributed by atoms with Gasteiger partial charge in [-0.15, -0.1) is 0 Å². The molecule has 6 heteroatoms. The van der Waals surface area contributed by atoms with Crippen molar-refractivity contribution >= 4 is 17.6 Å². The summed E-state index contributed by atoms with van der Waals surface area (Å²) in [5.41, 5.74) is 1.41. The van der Waals surface area contributed by atoms with E-state index in [0.717, 1.165) is 37.9 Å². The van der Waals surface area contributed by atoms with Gasteiger partial charge in [0.1, 0.15) is 11.8 Å². The van der Waals surface area contributed by atoms with Crippen LogP contribution in [0.5, 0.6) is 5.75 Å². The Hall–Kier alpha value is -3.02. The predicted molar refractivity (Wildman–Crippen MR) is 105 cm³/mol. The molecule has 1 aliphatic rings. The molecule has 0 bridgehead atoms. The first-order valence-corrected chi connectivity index (χ1v) is 9.22. The number of urea groups is 1. The quantitative estimate of drug-likeness (QED) is 0.849. The van der Waals surface area contributed by atoms with Gasteiger partial charge in [-0.1, -0.05) is 30.3 Å². The minimum atomic E-state index is -0.706. The second-order valence-electron chi connectivity index (χ2n) is 6.56. The summed E-state index contributed by atoms with van der Waals surface area (Å²) in [6.07, 6.45) is 3.15. The van der Waals surface area contributed by atoms with Crippen molar-refractivity contribution in [1.29, 1.82) is 0 Å². The fourth-order valence-corrected chi connectivity index (χ4v) is 3.20. The molecular formula is C21H25N3O3. The van der Waals surface area contributed by atoms with Crippen LogP contribution in [0.3, 0.4) is 0 Å². The topological polar surface area (TPSA) is 70.7 Å². The van der Waals surface area contributed by atoms with Gasteiger partial charge in [-0.05, 0) is 49.1 Å². The third-order valence-electron chi connectivity index (χ3n) is 4.67. The second kappa shape index (κ2) is 9.07. The van der Waals surface area contributed by atoms with Gasteiger partial charge in [0, 0.05) is 18.8 Å². The molecule has 0 aromatic heterocycles. The Morgan fingerprint density at radius 3 is 2.26 bits per heavy atom. The molecule has 1 saturated heterocycles. The van der Waals surface area contributed by atoms with Crippen LogP contribution in [0.4, 0.5) is 10.5 Å². The largest absolute Gasteiger partial charge is 0.497 e. The monoisotopic (exact) mass is 367 g/mol. The first kappa shape index (κ1) is 18.8. The Balaban J connectivity index is 1.72. The van der Waals surface area contributed by atoms with Gasteiger partial charge in [-0.2, -0.15) is 0 Å². The minimum Gasteiger partial charge on any atom is -0.497 e. The zero-order valence-corrected chi connectivity index (χ0v) is 15.5. The number of methoxy groups -OCH3 is 1. The number of likely N-dealkylation sites (tertiary alicyclic amines) is 1. The molecule has 6 nitrogen and oxygen atoms in total. The van der Waals surface area contributed by atoms with E-state index < -0.39 is 12.1 Å². The van der Waals surface area contributed by atoms with Crippen molar-refractivity contribution in [3.63, 3.8) is 0 Å². The van der Waals surface area contributed by atoms with Crippen LogP contribution in [0.25, 0.3) is 0 Å². The average Bonchev–Trinajstić information content (AvgIpc) is 2.73. The van der Waals surface area contributed by atoms with Crippen molar-refractivity contribution in [2.45, 2.75) is 25.3 Å². The number of carbonyl (C=O) groups is 2. The third kappa shape index (κ3) is 5.00. The lowest BCUT2D eigenvalue weighted by Crippen LogP contribution is -2.45. The maximum absolute atomic E-state index is 13.0. The number of nitrogens with one attached hydrogen (secondary N) is 2. The number of ether oxygens (including phenoxy) is 1. The van der Waals surface area contributed by atoms with E-state index in [-0.39, 0.29) is 5.91 Å². The predicted octanol–water partition coefficient (Wildman–Crippen LogP) is 3.57.